The number of alkyl halides is 3. The van der Waals surface area contributed by atoms with E-state index in [4.69, 9.17) is 23.7 Å². The Hall–Kier alpha value is -4.29. The van der Waals surface area contributed by atoms with Gasteiger partial charge >= 0.3 is 6.18 Å². The maximum absolute atomic E-state index is 14.7. The summed E-state index contributed by atoms with van der Waals surface area (Å²) in [6.45, 7) is 0.785. The van der Waals surface area contributed by atoms with Crippen molar-refractivity contribution in [1.29, 1.82) is 0 Å². The van der Waals surface area contributed by atoms with Crippen molar-refractivity contribution >= 4 is 22.5 Å². The molecule has 0 bridgehead atoms. The van der Waals surface area contributed by atoms with Crippen molar-refractivity contribution in [2.75, 3.05) is 6.61 Å². The van der Waals surface area contributed by atoms with Crippen LogP contribution in [0.4, 0.5) is 18.9 Å². The number of para-hydroxylation sites is 1. The fourth-order valence-electron chi connectivity index (χ4n) is 5.73. The van der Waals surface area contributed by atoms with E-state index >= 15 is 0 Å². The number of hydrogen-bond donors (Lipinski definition) is 0. The maximum Gasteiger partial charge on any atom is 0.439 e. The molecule has 5 aromatic carbocycles. The second-order valence-corrected chi connectivity index (χ2v) is 13.3. The van der Waals surface area contributed by atoms with Crippen molar-refractivity contribution in [3.63, 3.8) is 0 Å². The van der Waals surface area contributed by atoms with Gasteiger partial charge in [-0.3, -0.25) is 0 Å². The van der Waals surface area contributed by atoms with E-state index < -0.39 is 41.1 Å². The highest BCUT2D eigenvalue weighted by atomic mass is 32.2. The van der Waals surface area contributed by atoms with Crippen LogP contribution in [0.25, 0.3) is 0 Å². The highest BCUT2D eigenvalue weighted by molar-refractivity contribution is 8.14. The van der Waals surface area contributed by atoms with Crippen LogP contribution in [-0.4, -0.2) is 47.7 Å². The molecule has 6 rings (SSSR count). The summed E-state index contributed by atoms with van der Waals surface area (Å²) < 4.78 is 76.8. The minimum atomic E-state index is -4.77. The van der Waals surface area contributed by atoms with Crippen molar-refractivity contribution in [2.24, 2.45) is 4.99 Å². The second-order valence-electron chi connectivity index (χ2n) is 12.2. The largest absolute Gasteiger partial charge is 0.439 e. The van der Waals surface area contributed by atoms with Gasteiger partial charge in [-0.25, -0.2) is 4.99 Å². The molecule has 0 aliphatic carbocycles. The van der Waals surface area contributed by atoms with Gasteiger partial charge in [0, 0.05) is 0 Å². The minimum Gasteiger partial charge on any atom is -0.374 e. The maximum atomic E-state index is 14.7. The van der Waals surface area contributed by atoms with Gasteiger partial charge in [-0.05, 0) is 34.4 Å². The molecule has 0 spiro atoms. The summed E-state index contributed by atoms with van der Waals surface area (Å²) in [4.78, 5) is 4.03. The summed E-state index contributed by atoms with van der Waals surface area (Å²) in [5, 5.41) is -1.06. The molecule has 1 fully saturated rings. The Morgan fingerprint density at radius 2 is 0.942 bits per heavy atom. The third-order valence-corrected chi connectivity index (χ3v) is 9.46. The Morgan fingerprint density at radius 1 is 0.538 bits per heavy atom. The predicted molar refractivity (Wildman–Crippen MR) is 197 cm³/mol. The van der Waals surface area contributed by atoms with Crippen LogP contribution in [-0.2, 0) is 50.1 Å². The number of rotatable bonds is 15. The van der Waals surface area contributed by atoms with Crippen LogP contribution in [0, 0.1) is 0 Å². The summed E-state index contributed by atoms with van der Waals surface area (Å²) in [7, 11) is 0. The summed E-state index contributed by atoms with van der Waals surface area (Å²) in [5.74, 6) is 0. The third kappa shape index (κ3) is 11.1. The number of nitrogens with zero attached hydrogens (tertiary/aromatic N) is 1. The van der Waals surface area contributed by atoms with Crippen LogP contribution < -0.4 is 0 Å². The van der Waals surface area contributed by atoms with Crippen molar-refractivity contribution in [3.05, 3.63) is 174 Å². The molecule has 0 radical (unpaired) electrons. The standard InChI is InChI=1S/C42H40F3NO5S/c43-42(44,45)41(46-35-24-14-5-15-25-35)52-40-39(50-29-34-22-12-4-13-23-34)38(49-28-33-20-10-3-11-21-33)37(48-27-32-18-8-2-9-19-32)36(51-40)30-47-26-31-16-6-1-7-17-31/h1-25,36-40H,26-30H2/t36-,37-,38+,39-,40+/m1/s1. The van der Waals surface area contributed by atoms with Gasteiger partial charge in [0.05, 0.1) is 38.7 Å². The first kappa shape index (κ1) is 37.5. The van der Waals surface area contributed by atoms with E-state index in [1.165, 1.54) is 12.1 Å². The van der Waals surface area contributed by atoms with Gasteiger partial charge in [0.2, 0.25) is 0 Å². The zero-order chi connectivity index (χ0) is 36.0. The molecule has 1 aliphatic rings. The quantitative estimate of drug-likeness (QED) is 0.0791. The molecule has 1 saturated heterocycles. The van der Waals surface area contributed by atoms with E-state index in [9.17, 15) is 13.2 Å². The normalized spacial score (nSPS) is 20.8. The van der Waals surface area contributed by atoms with E-state index in [0.29, 0.717) is 11.8 Å². The van der Waals surface area contributed by atoms with E-state index in [1.54, 1.807) is 18.2 Å². The molecule has 0 unspecified atom stereocenters. The average molecular weight is 728 g/mol. The molecular weight excluding hydrogens is 688 g/mol. The lowest BCUT2D eigenvalue weighted by Gasteiger charge is -2.46. The summed E-state index contributed by atoms with van der Waals surface area (Å²) in [6, 6.07) is 46.4. The molecule has 6 nitrogen and oxygen atoms in total. The molecule has 0 N–H and O–H groups in total. The van der Waals surface area contributed by atoms with E-state index in [1.807, 2.05) is 121 Å². The van der Waals surface area contributed by atoms with Crippen molar-refractivity contribution in [3.8, 4) is 0 Å². The zero-order valence-corrected chi connectivity index (χ0v) is 29.2. The molecule has 5 atom stereocenters. The number of ether oxygens (including phenoxy) is 5. The van der Waals surface area contributed by atoms with Gasteiger partial charge in [0.1, 0.15) is 29.9 Å². The molecule has 270 valence electrons. The van der Waals surface area contributed by atoms with Crippen LogP contribution in [0.1, 0.15) is 22.3 Å². The summed E-state index contributed by atoms with van der Waals surface area (Å²) in [6.07, 6.45) is -8.25. The first-order valence-corrected chi connectivity index (χ1v) is 17.9. The van der Waals surface area contributed by atoms with E-state index in [0.717, 1.165) is 22.3 Å². The van der Waals surface area contributed by atoms with E-state index in [2.05, 4.69) is 4.99 Å². The molecule has 0 saturated carbocycles. The van der Waals surface area contributed by atoms with Crippen LogP contribution >= 0.6 is 11.8 Å². The van der Waals surface area contributed by atoms with Gasteiger partial charge in [-0.1, -0.05) is 151 Å². The van der Waals surface area contributed by atoms with Crippen LogP contribution in [0.3, 0.4) is 0 Å². The number of thioether (sulfide) groups is 1. The Kier molecular flexibility index (Phi) is 13.7. The molecule has 1 aliphatic heterocycles. The lowest BCUT2D eigenvalue weighted by molar-refractivity contribution is -0.254. The minimum absolute atomic E-state index is 0.0270. The SMILES string of the molecule is FC(F)(F)C(=Nc1ccccc1)S[C@@H]1O[C@H](COCc2ccccc2)[C@@H](OCc2ccccc2)[C@H](OCc2ccccc2)[C@H]1OCc1ccccc1. The van der Waals surface area contributed by atoms with Gasteiger partial charge in [0.15, 0.2) is 5.04 Å². The smallest absolute Gasteiger partial charge is 0.374 e. The van der Waals surface area contributed by atoms with Crippen molar-refractivity contribution in [2.45, 2.75) is 62.5 Å². The fraction of sp³-hybridized carbons (Fsp3) is 0.262. The number of hydrogen-bond acceptors (Lipinski definition) is 7. The Bertz CT molecular complexity index is 1780. The third-order valence-electron chi connectivity index (χ3n) is 8.30. The molecule has 5 aromatic rings. The monoisotopic (exact) mass is 727 g/mol. The highest BCUT2D eigenvalue weighted by Gasteiger charge is 2.51. The Balaban J connectivity index is 1.37. The summed E-state index contributed by atoms with van der Waals surface area (Å²) >= 11 is 0.473. The predicted octanol–water partition coefficient (Wildman–Crippen LogP) is 9.71. The summed E-state index contributed by atoms with van der Waals surface area (Å²) in [5.41, 5.74) is 2.57. The van der Waals surface area contributed by atoms with E-state index in [-0.39, 0.29) is 38.7 Å². The lowest BCUT2D eigenvalue weighted by atomic mass is 9.98. The Morgan fingerprint density at radius 3 is 1.40 bits per heavy atom. The number of halogens is 3. The average Bonchev–Trinajstić information content (AvgIpc) is 3.17. The van der Waals surface area contributed by atoms with Gasteiger partial charge in [-0.15, -0.1) is 0 Å². The molecular formula is C42H40F3NO5S. The van der Waals surface area contributed by atoms with Gasteiger partial charge < -0.3 is 23.7 Å². The molecule has 52 heavy (non-hydrogen) atoms. The van der Waals surface area contributed by atoms with Crippen molar-refractivity contribution < 1.29 is 36.9 Å². The lowest BCUT2D eigenvalue weighted by Crippen LogP contribution is -2.60. The topological polar surface area (TPSA) is 58.5 Å². The van der Waals surface area contributed by atoms with Crippen LogP contribution in [0.5, 0.6) is 0 Å². The van der Waals surface area contributed by atoms with Gasteiger partial charge in [0.25, 0.3) is 0 Å². The molecule has 0 aromatic heterocycles. The molecule has 1 heterocycles. The highest BCUT2D eigenvalue weighted by Crippen LogP contribution is 2.39. The first-order chi connectivity index (χ1) is 25.4. The fourth-order valence-corrected chi connectivity index (χ4v) is 6.81. The van der Waals surface area contributed by atoms with Crippen molar-refractivity contribution in [1.82, 2.24) is 0 Å². The van der Waals surface area contributed by atoms with Crippen LogP contribution in [0.2, 0.25) is 0 Å². The number of aliphatic imine (C=N–C) groups is 1. The first-order valence-electron chi connectivity index (χ1n) is 17.0. The van der Waals surface area contributed by atoms with Gasteiger partial charge in [-0.2, -0.15) is 13.2 Å². The zero-order valence-electron chi connectivity index (χ0n) is 28.4. The second kappa shape index (κ2) is 19.0. The Labute approximate surface area is 306 Å². The molecule has 0 amide bonds. The van der Waals surface area contributed by atoms with Crippen LogP contribution in [0.15, 0.2) is 157 Å². The molecule has 10 heteroatoms. The number of benzene rings is 5.